The Balaban J connectivity index is 2.65. The molecule has 0 fully saturated rings. The molecular formula is C15H17F3N2O. The van der Waals surface area contributed by atoms with E-state index >= 15 is 0 Å². The number of hydrogen-bond donors (Lipinski definition) is 2. The van der Waals surface area contributed by atoms with Crippen molar-refractivity contribution < 1.29 is 18.0 Å². The summed E-state index contributed by atoms with van der Waals surface area (Å²) in [5.41, 5.74) is 0.843. The van der Waals surface area contributed by atoms with Gasteiger partial charge in [0.2, 0.25) is 0 Å². The first-order chi connectivity index (χ1) is 9.86. The highest BCUT2D eigenvalue weighted by Gasteiger charge is 2.38. The third-order valence-corrected chi connectivity index (χ3v) is 2.77. The number of hydrogen-bond acceptors (Lipinski definition) is 2. The Morgan fingerprint density at radius 3 is 2.71 bits per heavy atom. The third kappa shape index (κ3) is 5.88. The molecule has 1 aromatic rings. The van der Waals surface area contributed by atoms with Crippen LogP contribution >= 0.6 is 0 Å². The maximum atomic E-state index is 12.2. The molecule has 1 amide bonds. The lowest BCUT2D eigenvalue weighted by atomic mass is 10.1. The van der Waals surface area contributed by atoms with Crippen molar-refractivity contribution in [1.29, 1.82) is 0 Å². The molecule has 0 spiro atoms. The predicted octanol–water partition coefficient (Wildman–Crippen LogP) is 3.08. The van der Waals surface area contributed by atoms with Gasteiger partial charge in [0, 0.05) is 12.2 Å². The predicted molar refractivity (Wildman–Crippen MR) is 75.5 cm³/mol. The van der Waals surface area contributed by atoms with Gasteiger partial charge in [-0.1, -0.05) is 31.4 Å². The van der Waals surface area contributed by atoms with Crippen LogP contribution < -0.4 is 10.6 Å². The number of carbonyl (C=O) groups is 1. The van der Waals surface area contributed by atoms with E-state index in [1.807, 2.05) is 12.2 Å². The molecule has 1 atom stereocenters. The summed E-state index contributed by atoms with van der Waals surface area (Å²) in [7, 11) is 0. The van der Waals surface area contributed by atoms with Gasteiger partial charge in [-0.15, -0.1) is 6.42 Å². The van der Waals surface area contributed by atoms with Gasteiger partial charge in [0.1, 0.15) is 0 Å². The average Bonchev–Trinajstić information content (AvgIpc) is 2.43. The molecule has 0 saturated heterocycles. The largest absolute Gasteiger partial charge is 0.471 e. The van der Waals surface area contributed by atoms with Gasteiger partial charge in [-0.25, -0.2) is 0 Å². The Kier molecular flexibility index (Phi) is 6.25. The van der Waals surface area contributed by atoms with Crippen LogP contribution in [0.15, 0.2) is 24.3 Å². The van der Waals surface area contributed by atoms with Crippen molar-refractivity contribution >= 4 is 11.6 Å². The number of halogens is 3. The third-order valence-electron chi connectivity index (χ3n) is 2.77. The highest BCUT2D eigenvalue weighted by Crippen LogP contribution is 2.19. The molecule has 0 radical (unpaired) electrons. The van der Waals surface area contributed by atoms with Gasteiger partial charge < -0.3 is 5.32 Å². The number of alkyl halides is 3. The maximum Gasteiger partial charge on any atom is 0.471 e. The lowest BCUT2D eigenvalue weighted by Gasteiger charge is -2.13. The highest BCUT2D eigenvalue weighted by atomic mass is 19.4. The Bertz CT molecular complexity index is 520. The molecule has 0 aliphatic rings. The number of carbonyl (C=O) groups excluding carboxylic acids is 1. The van der Waals surface area contributed by atoms with Crippen LogP contribution in [-0.2, 0) is 11.3 Å². The molecule has 0 aromatic heterocycles. The quantitative estimate of drug-likeness (QED) is 0.792. The normalized spacial score (nSPS) is 12.5. The fourth-order valence-corrected chi connectivity index (χ4v) is 1.74. The molecule has 21 heavy (non-hydrogen) atoms. The molecule has 0 heterocycles. The van der Waals surface area contributed by atoms with Crippen molar-refractivity contribution in [3.63, 3.8) is 0 Å². The minimum atomic E-state index is -4.90. The lowest BCUT2D eigenvalue weighted by Crippen LogP contribution is -2.30. The second-order valence-electron chi connectivity index (χ2n) is 4.54. The van der Waals surface area contributed by atoms with E-state index in [-0.39, 0.29) is 11.7 Å². The van der Waals surface area contributed by atoms with Crippen LogP contribution in [0.5, 0.6) is 0 Å². The van der Waals surface area contributed by atoms with E-state index in [9.17, 15) is 18.0 Å². The van der Waals surface area contributed by atoms with Gasteiger partial charge in [-0.2, -0.15) is 13.2 Å². The summed E-state index contributed by atoms with van der Waals surface area (Å²) in [5, 5.41) is 4.94. The van der Waals surface area contributed by atoms with Gasteiger partial charge in [0.15, 0.2) is 0 Å². The first-order valence-electron chi connectivity index (χ1n) is 6.53. The molecule has 1 rings (SSSR count). The SMILES string of the molecule is C#CC(CCC)NCc1cccc(NC(=O)C(F)(F)F)c1. The summed E-state index contributed by atoms with van der Waals surface area (Å²) in [4.78, 5) is 10.9. The number of terminal acetylenes is 1. The van der Waals surface area contributed by atoms with Crippen molar-refractivity contribution in [3.8, 4) is 12.3 Å². The summed E-state index contributed by atoms with van der Waals surface area (Å²) in [6, 6.07) is 6.13. The summed E-state index contributed by atoms with van der Waals surface area (Å²) < 4.78 is 36.5. The molecule has 3 nitrogen and oxygen atoms in total. The second-order valence-corrected chi connectivity index (χ2v) is 4.54. The van der Waals surface area contributed by atoms with E-state index in [0.29, 0.717) is 6.54 Å². The van der Waals surface area contributed by atoms with Crippen molar-refractivity contribution in [2.24, 2.45) is 0 Å². The number of nitrogens with one attached hydrogen (secondary N) is 2. The molecular weight excluding hydrogens is 281 g/mol. The van der Waals surface area contributed by atoms with Crippen LogP contribution in [0, 0.1) is 12.3 Å². The Labute approximate surface area is 121 Å². The molecule has 1 unspecified atom stereocenters. The summed E-state index contributed by atoms with van der Waals surface area (Å²) in [5.74, 6) is 0.624. The number of benzene rings is 1. The highest BCUT2D eigenvalue weighted by molar-refractivity contribution is 5.94. The molecule has 0 bridgehead atoms. The van der Waals surface area contributed by atoms with Crippen LogP contribution in [0.4, 0.5) is 18.9 Å². The van der Waals surface area contributed by atoms with Crippen LogP contribution in [-0.4, -0.2) is 18.1 Å². The molecule has 0 aliphatic heterocycles. The first-order valence-corrected chi connectivity index (χ1v) is 6.53. The molecule has 6 heteroatoms. The van der Waals surface area contributed by atoms with E-state index in [1.165, 1.54) is 12.1 Å². The molecule has 114 valence electrons. The van der Waals surface area contributed by atoms with E-state index < -0.39 is 12.1 Å². The molecule has 1 aromatic carbocycles. The van der Waals surface area contributed by atoms with Crippen molar-refractivity contribution in [2.45, 2.75) is 38.5 Å². The van der Waals surface area contributed by atoms with Crippen LogP contribution in [0.2, 0.25) is 0 Å². The minimum Gasteiger partial charge on any atom is -0.318 e. The average molecular weight is 298 g/mol. The fourth-order valence-electron chi connectivity index (χ4n) is 1.74. The Morgan fingerprint density at radius 1 is 1.43 bits per heavy atom. The van der Waals surface area contributed by atoms with Gasteiger partial charge in [-0.3, -0.25) is 10.1 Å². The fraction of sp³-hybridized carbons (Fsp3) is 0.400. The number of anilines is 1. The topological polar surface area (TPSA) is 41.1 Å². The minimum absolute atomic E-state index is 0.0802. The van der Waals surface area contributed by atoms with Gasteiger partial charge in [0.25, 0.3) is 0 Å². The van der Waals surface area contributed by atoms with Crippen molar-refractivity contribution in [1.82, 2.24) is 5.32 Å². The Hall–Kier alpha value is -2.00. The van der Waals surface area contributed by atoms with Crippen molar-refractivity contribution in [3.05, 3.63) is 29.8 Å². The maximum absolute atomic E-state index is 12.2. The van der Waals surface area contributed by atoms with E-state index in [4.69, 9.17) is 6.42 Å². The standard InChI is InChI=1S/C15H17F3N2O/c1-3-6-12(4-2)19-10-11-7-5-8-13(9-11)20-14(21)15(16,17)18/h2,5,7-9,12,19H,3,6,10H2,1H3,(H,20,21). The zero-order valence-electron chi connectivity index (χ0n) is 11.6. The van der Waals surface area contributed by atoms with E-state index in [1.54, 1.807) is 12.1 Å². The van der Waals surface area contributed by atoms with Crippen LogP contribution in [0.25, 0.3) is 0 Å². The molecule has 2 N–H and O–H groups in total. The van der Waals surface area contributed by atoms with Gasteiger partial charge in [-0.05, 0) is 24.1 Å². The van der Waals surface area contributed by atoms with Gasteiger partial charge >= 0.3 is 12.1 Å². The molecule has 0 saturated carbocycles. The zero-order chi connectivity index (χ0) is 15.9. The van der Waals surface area contributed by atoms with E-state index in [0.717, 1.165) is 18.4 Å². The van der Waals surface area contributed by atoms with E-state index in [2.05, 4.69) is 11.2 Å². The first kappa shape index (κ1) is 17.1. The second kappa shape index (κ2) is 7.70. The number of rotatable bonds is 6. The van der Waals surface area contributed by atoms with Crippen LogP contribution in [0.3, 0.4) is 0 Å². The summed E-state index contributed by atoms with van der Waals surface area (Å²) in [6.45, 7) is 2.43. The Morgan fingerprint density at radius 2 is 2.14 bits per heavy atom. The lowest BCUT2D eigenvalue weighted by molar-refractivity contribution is -0.167. The number of amides is 1. The summed E-state index contributed by atoms with van der Waals surface area (Å²) >= 11 is 0. The molecule has 0 aliphatic carbocycles. The van der Waals surface area contributed by atoms with Crippen LogP contribution in [0.1, 0.15) is 25.3 Å². The van der Waals surface area contributed by atoms with Crippen molar-refractivity contribution in [2.75, 3.05) is 5.32 Å². The summed E-state index contributed by atoms with van der Waals surface area (Å²) in [6.07, 6.45) is 2.23. The zero-order valence-corrected chi connectivity index (χ0v) is 11.6. The smallest absolute Gasteiger partial charge is 0.318 e. The monoisotopic (exact) mass is 298 g/mol. The van der Waals surface area contributed by atoms with Gasteiger partial charge in [0.05, 0.1) is 6.04 Å².